The van der Waals surface area contributed by atoms with E-state index in [0.717, 1.165) is 50.5 Å². The summed E-state index contributed by atoms with van der Waals surface area (Å²) < 4.78 is 22.0. The summed E-state index contributed by atoms with van der Waals surface area (Å²) in [7, 11) is 0. The highest BCUT2D eigenvalue weighted by Gasteiger charge is 2.85. The van der Waals surface area contributed by atoms with Crippen LogP contribution in [0.2, 0.25) is 0 Å². The molecule has 0 radical (unpaired) electrons. The minimum Gasteiger partial charge on any atom is -0.479 e. The molecule has 1 aromatic rings. The molecule has 0 aliphatic carbocycles. The molecule has 284 valence electrons. The van der Waals surface area contributed by atoms with Gasteiger partial charge in [0.05, 0.1) is 0 Å². The first-order chi connectivity index (χ1) is 24.1. The summed E-state index contributed by atoms with van der Waals surface area (Å²) in [6, 6.07) is 9.30. The molecule has 1 aromatic carbocycles. The highest BCUT2D eigenvalue weighted by Crippen LogP contribution is 2.55. The van der Waals surface area contributed by atoms with E-state index in [1.165, 1.54) is 6.92 Å². The van der Waals surface area contributed by atoms with Gasteiger partial charge in [0.15, 0.2) is 6.10 Å². The third-order valence-corrected chi connectivity index (χ3v) is 9.54. The molecule has 15 heteroatoms. The van der Waals surface area contributed by atoms with E-state index in [0.29, 0.717) is 12.8 Å². The summed E-state index contributed by atoms with van der Waals surface area (Å²) in [5.74, 6) is -10.3. The Morgan fingerprint density at radius 2 is 1.57 bits per heavy atom. The van der Waals surface area contributed by atoms with Crippen molar-refractivity contribution in [3.8, 4) is 0 Å². The average molecular weight is 722 g/mol. The lowest BCUT2D eigenvalue weighted by Gasteiger charge is -2.48. The molecule has 6 N–H and O–H groups in total. The average Bonchev–Trinajstić information content (AvgIpc) is 3.29. The fourth-order valence-corrected chi connectivity index (χ4v) is 6.90. The number of hydrogen-bond donors (Lipinski definition) is 6. The molecule has 3 rings (SSSR count). The van der Waals surface area contributed by atoms with Crippen molar-refractivity contribution < 1.29 is 68.5 Å². The van der Waals surface area contributed by atoms with Crippen LogP contribution in [0.25, 0.3) is 0 Å². The molecule has 2 unspecified atom stereocenters. The monoisotopic (exact) mass is 721 g/mol. The van der Waals surface area contributed by atoms with Crippen LogP contribution in [0.3, 0.4) is 0 Å². The Hall–Kier alpha value is -4.05. The second kappa shape index (κ2) is 17.9. The molecule has 51 heavy (non-hydrogen) atoms. The second-order valence-electron chi connectivity index (χ2n) is 13.4. The molecule has 0 spiro atoms. The minimum absolute atomic E-state index is 0.0959. The predicted octanol–water partition coefficient (Wildman–Crippen LogP) is 3.58. The van der Waals surface area contributed by atoms with Gasteiger partial charge in [-0.15, -0.1) is 0 Å². The lowest BCUT2D eigenvalue weighted by atomic mass is 9.74. The van der Waals surface area contributed by atoms with Crippen molar-refractivity contribution in [1.82, 2.24) is 5.32 Å². The van der Waals surface area contributed by atoms with E-state index in [1.54, 1.807) is 6.92 Å². The van der Waals surface area contributed by atoms with Crippen LogP contribution in [-0.4, -0.2) is 103 Å². The lowest BCUT2D eigenvalue weighted by molar-refractivity contribution is -0.373. The van der Waals surface area contributed by atoms with Crippen molar-refractivity contribution >= 4 is 30.0 Å². The molecule has 15 nitrogen and oxygen atoms in total. The smallest absolute Gasteiger partial charge is 0.407 e. The van der Waals surface area contributed by atoms with Crippen molar-refractivity contribution in [2.45, 2.75) is 133 Å². The first-order valence-corrected chi connectivity index (χ1v) is 17.4. The molecular formula is C36H51NO14. The normalized spacial score (nSPS) is 27.9. The topological polar surface area (TPSA) is 235 Å². The maximum Gasteiger partial charge on any atom is 0.407 e. The number of fused-ring (bicyclic) bond motifs is 2. The van der Waals surface area contributed by atoms with Crippen LogP contribution in [0.15, 0.2) is 42.5 Å². The van der Waals surface area contributed by atoms with Gasteiger partial charge in [0.2, 0.25) is 17.5 Å². The Morgan fingerprint density at radius 3 is 2.12 bits per heavy atom. The maximum absolute atomic E-state index is 13.0. The molecule has 8 atom stereocenters. The van der Waals surface area contributed by atoms with Crippen molar-refractivity contribution in [3.63, 3.8) is 0 Å². The molecule has 0 saturated carbocycles. The van der Waals surface area contributed by atoms with E-state index >= 15 is 0 Å². The molecule has 2 bridgehead atoms. The van der Waals surface area contributed by atoms with Gasteiger partial charge >= 0.3 is 30.0 Å². The summed E-state index contributed by atoms with van der Waals surface area (Å²) in [6.07, 6.45) is -2.32. The number of benzene rings is 1. The van der Waals surface area contributed by atoms with Crippen molar-refractivity contribution in [3.05, 3.63) is 48.0 Å². The zero-order valence-corrected chi connectivity index (χ0v) is 29.4. The number of aliphatic hydroxyl groups is 2. The van der Waals surface area contributed by atoms with Crippen LogP contribution in [0.4, 0.5) is 4.79 Å². The zero-order chi connectivity index (χ0) is 38.0. The first-order valence-electron chi connectivity index (χ1n) is 17.4. The van der Waals surface area contributed by atoms with E-state index in [-0.39, 0.29) is 24.5 Å². The summed E-state index contributed by atoms with van der Waals surface area (Å²) >= 11 is 0. The van der Waals surface area contributed by atoms with E-state index in [2.05, 4.69) is 18.8 Å². The number of nitrogens with one attached hydrogen (secondary N) is 1. The molecule has 2 fully saturated rings. The summed E-state index contributed by atoms with van der Waals surface area (Å²) in [4.78, 5) is 62.9. The lowest BCUT2D eigenvalue weighted by Crippen LogP contribution is -2.78. The van der Waals surface area contributed by atoms with Crippen LogP contribution in [0.5, 0.6) is 0 Å². The van der Waals surface area contributed by atoms with Gasteiger partial charge in [-0.1, -0.05) is 95.7 Å². The zero-order valence-electron chi connectivity index (χ0n) is 29.4. The van der Waals surface area contributed by atoms with Gasteiger partial charge in [-0.05, 0) is 30.4 Å². The Balaban J connectivity index is 1.87. The number of carboxylic acid groups (broad SMARTS) is 3. The third kappa shape index (κ3) is 9.07. The van der Waals surface area contributed by atoms with E-state index < -0.39 is 77.8 Å². The van der Waals surface area contributed by atoms with Gasteiger partial charge in [0.1, 0.15) is 12.2 Å². The van der Waals surface area contributed by atoms with Crippen LogP contribution in [-0.2, 0) is 44.5 Å². The van der Waals surface area contributed by atoms with Gasteiger partial charge in [0.25, 0.3) is 5.60 Å². The number of carbonyl (C=O) groups is 5. The Morgan fingerprint density at radius 1 is 0.961 bits per heavy atom. The van der Waals surface area contributed by atoms with Gasteiger partial charge in [0, 0.05) is 25.8 Å². The third-order valence-electron chi connectivity index (χ3n) is 9.54. The van der Waals surface area contributed by atoms with Crippen molar-refractivity contribution in [1.29, 1.82) is 0 Å². The Kier molecular flexibility index (Phi) is 14.5. The molecule has 2 aliphatic rings. The van der Waals surface area contributed by atoms with E-state index in [4.69, 9.17) is 18.9 Å². The van der Waals surface area contributed by atoms with Crippen LogP contribution in [0.1, 0.15) is 90.5 Å². The number of unbranched alkanes of at least 4 members (excludes halogenated alkanes) is 7. The van der Waals surface area contributed by atoms with Crippen LogP contribution < -0.4 is 5.32 Å². The quantitative estimate of drug-likeness (QED) is 0.0605. The first kappa shape index (κ1) is 41.4. The number of aliphatic carboxylic acids is 3. The van der Waals surface area contributed by atoms with E-state index in [9.17, 15) is 49.5 Å². The maximum atomic E-state index is 13.0. The number of alkyl carbamates (subject to hydrolysis) is 1. The fourth-order valence-electron chi connectivity index (χ4n) is 6.90. The predicted molar refractivity (Wildman–Crippen MR) is 179 cm³/mol. The molecule has 0 aromatic heterocycles. The largest absolute Gasteiger partial charge is 0.479 e. The Bertz CT molecular complexity index is 1400. The summed E-state index contributed by atoms with van der Waals surface area (Å²) in [5.41, 5.74) is -6.26. The number of esters is 1. The van der Waals surface area contributed by atoms with Crippen LogP contribution in [0, 0.1) is 5.92 Å². The standard InChI is InChI=1S/C36H51NO14/c1-5-6-7-8-9-10-11-15-20-37-33(46)49-28-27(39)34(50-29(30(40)41)35(47,31(42)43)36(28,51-34)32(44)45)19-18-22(2)26(48-24(4)38)23(3)21-25-16-13-12-14-17-25/h12-14,16-17,23,26-29,39,47H,2,5-11,15,18-21H2,1,3-4H3,(H,37,46)(H,40,41)(H,42,43)(H,44,45)/t23?,26?,27-,28-,29-,34-,35-,36-/m1/s1. The van der Waals surface area contributed by atoms with Gasteiger partial charge in [-0.2, -0.15) is 0 Å². The fraction of sp³-hybridized carbons (Fsp3) is 0.639. The van der Waals surface area contributed by atoms with Crippen LogP contribution >= 0.6 is 0 Å². The van der Waals surface area contributed by atoms with Crippen molar-refractivity contribution in [2.24, 2.45) is 5.92 Å². The number of rotatable bonds is 21. The number of hydrogen-bond acceptors (Lipinski definition) is 11. The minimum atomic E-state index is -3.89. The van der Waals surface area contributed by atoms with E-state index in [1.807, 2.05) is 30.3 Å². The molecule has 2 aliphatic heterocycles. The summed E-state index contributed by atoms with van der Waals surface area (Å²) in [5, 5.41) is 56.0. The molecule has 2 saturated heterocycles. The number of amides is 1. The van der Waals surface area contributed by atoms with Crippen molar-refractivity contribution in [2.75, 3.05) is 6.54 Å². The van der Waals surface area contributed by atoms with Gasteiger partial charge in [-0.25, -0.2) is 19.2 Å². The number of carbonyl (C=O) groups excluding carboxylic acids is 2. The molecule has 2 heterocycles. The Labute approximate surface area is 296 Å². The highest BCUT2D eigenvalue weighted by atomic mass is 16.8. The SMILES string of the molecule is C=C(CC[C@@]12O[C@H](C(=O)O)[C@@](O)(C(=O)O)[C@@](C(=O)O)(O1)[C@H](OC(=O)NCCCCCCCCCC)[C@H]2O)C(OC(C)=O)C(C)Cc1ccccc1. The number of aliphatic hydroxyl groups excluding tert-OH is 1. The number of ether oxygens (including phenoxy) is 4. The molecular weight excluding hydrogens is 670 g/mol. The molecule has 1 amide bonds. The number of carboxylic acids is 3. The summed E-state index contributed by atoms with van der Waals surface area (Å²) in [6.45, 7) is 9.25. The second-order valence-corrected chi connectivity index (χ2v) is 13.4. The highest BCUT2D eigenvalue weighted by molar-refractivity contribution is 5.98. The van der Waals surface area contributed by atoms with Gasteiger partial charge < -0.3 is 49.8 Å². The van der Waals surface area contributed by atoms with Gasteiger partial charge in [-0.3, -0.25) is 4.79 Å².